The van der Waals surface area contributed by atoms with Crippen LogP contribution in [0.25, 0.3) is 0 Å². The normalized spacial score (nSPS) is 30.6. The van der Waals surface area contributed by atoms with E-state index in [0.717, 1.165) is 25.9 Å². The van der Waals surface area contributed by atoms with E-state index in [0.29, 0.717) is 19.1 Å². The number of hydrogen-bond acceptors (Lipinski definition) is 4. The van der Waals surface area contributed by atoms with E-state index < -0.39 is 0 Å². The lowest BCUT2D eigenvalue weighted by molar-refractivity contribution is -0.132. The van der Waals surface area contributed by atoms with Gasteiger partial charge in [0, 0.05) is 19.1 Å². The summed E-state index contributed by atoms with van der Waals surface area (Å²) in [5, 5.41) is 3.00. The van der Waals surface area contributed by atoms with Gasteiger partial charge in [-0.25, -0.2) is 0 Å². The van der Waals surface area contributed by atoms with E-state index in [-0.39, 0.29) is 18.1 Å². The van der Waals surface area contributed by atoms with Crippen LogP contribution in [0.5, 0.6) is 0 Å². The lowest BCUT2D eigenvalue weighted by atomic mass is 10.2. The maximum atomic E-state index is 11.9. The van der Waals surface area contributed by atoms with Gasteiger partial charge in [-0.15, -0.1) is 0 Å². The number of rotatable bonds is 5. The van der Waals surface area contributed by atoms with Crippen LogP contribution in [-0.2, 0) is 9.53 Å². The fraction of sp³-hybridized carbons (Fsp3) is 0.923. The van der Waals surface area contributed by atoms with Crippen molar-refractivity contribution < 1.29 is 9.53 Å². The summed E-state index contributed by atoms with van der Waals surface area (Å²) in [6.45, 7) is 5.71. The molecule has 0 bridgehead atoms. The number of nitrogens with zero attached hydrogens (tertiary/aromatic N) is 1. The molecule has 3 unspecified atom stereocenters. The molecule has 3 N–H and O–H groups in total. The van der Waals surface area contributed by atoms with Crippen molar-refractivity contribution in [3.8, 4) is 0 Å². The smallest absolute Gasteiger partial charge is 0.249 e. The predicted octanol–water partition coefficient (Wildman–Crippen LogP) is 0.0932. The zero-order valence-electron chi connectivity index (χ0n) is 11.2. The minimum Gasteiger partial charge on any atom is -0.364 e. The van der Waals surface area contributed by atoms with Crippen LogP contribution < -0.4 is 11.1 Å². The van der Waals surface area contributed by atoms with Crippen LogP contribution in [0.2, 0.25) is 0 Å². The van der Waals surface area contributed by atoms with Gasteiger partial charge in [0.05, 0.1) is 6.10 Å². The molecule has 5 heteroatoms. The summed E-state index contributed by atoms with van der Waals surface area (Å²) in [6.07, 6.45) is 4.04. The Hall–Kier alpha value is -0.650. The van der Waals surface area contributed by atoms with Crippen LogP contribution in [0.1, 0.15) is 32.6 Å². The first kappa shape index (κ1) is 13.8. The van der Waals surface area contributed by atoms with Gasteiger partial charge < -0.3 is 15.8 Å². The Bertz CT molecular complexity index is 279. The van der Waals surface area contributed by atoms with Crippen LogP contribution in [-0.4, -0.2) is 55.2 Å². The number of amides is 1. The number of carbonyl (C=O) groups is 1. The third kappa shape index (κ3) is 3.43. The van der Waals surface area contributed by atoms with Crippen LogP contribution in [0.15, 0.2) is 0 Å². The molecule has 0 aliphatic carbocycles. The summed E-state index contributed by atoms with van der Waals surface area (Å²) >= 11 is 0. The van der Waals surface area contributed by atoms with Crippen molar-refractivity contribution in [1.82, 2.24) is 10.2 Å². The molecule has 104 valence electrons. The van der Waals surface area contributed by atoms with Crippen molar-refractivity contribution >= 4 is 5.91 Å². The summed E-state index contributed by atoms with van der Waals surface area (Å²) in [5.41, 5.74) is 5.54. The lowest BCUT2D eigenvalue weighted by Crippen LogP contribution is -2.44. The molecule has 0 spiro atoms. The van der Waals surface area contributed by atoms with Crippen LogP contribution in [0.4, 0.5) is 0 Å². The number of likely N-dealkylation sites (tertiary alicyclic amines) is 1. The first-order valence-electron chi connectivity index (χ1n) is 7.08. The van der Waals surface area contributed by atoms with Crippen LogP contribution >= 0.6 is 0 Å². The molecule has 0 saturated carbocycles. The second-order valence-electron chi connectivity index (χ2n) is 5.40. The second-order valence-corrected chi connectivity index (χ2v) is 5.40. The van der Waals surface area contributed by atoms with E-state index >= 15 is 0 Å². The SMILES string of the molecule is CC(CNC(=O)C1CCC(CN)O1)N1CCCC1. The number of nitrogens with one attached hydrogen (secondary N) is 1. The summed E-state index contributed by atoms with van der Waals surface area (Å²) in [5.74, 6) is 0.0250. The molecule has 0 aromatic carbocycles. The predicted molar refractivity (Wildman–Crippen MR) is 70.2 cm³/mol. The molecular formula is C13H25N3O2. The molecule has 0 aromatic heterocycles. The molecule has 0 aromatic rings. The van der Waals surface area contributed by atoms with Crippen LogP contribution in [0.3, 0.4) is 0 Å². The molecule has 5 nitrogen and oxygen atoms in total. The van der Waals surface area contributed by atoms with Gasteiger partial charge in [0.1, 0.15) is 6.10 Å². The van der Waals surface area contributed by atoms with Gasteiger partial charge >= 0.3 is 0 Å². The fourth-order valence-electron chi connectivity index (χ4n) is 2.75. The third-order valence-electron chi connectivity index (χ3n) is 4.00. The van der Waals surface area contributed by atoms with Crippen molar-refractivity contribution in [2.75, 3.05) is 26.2 Å². The Kier molecular flexibility index (Phi) is 4.97. The van der Waals surface area contributed by atoms with Gasteiger partial charge in [-0.05, 0) is 45.7 Å². The number of ether oxygens (including phenoxy) is 1. The standard InChI is InChI=1S/C13H25N3O2/c1-10(16-6-2-3-7-16)9-15-13(17)12-5-4-11(8-14)18-12/h10-12H,2-9,14H2,1H3,(H,15,17). The highest BCUT2D eigenvalue weighted by atomic mass is 16.5. The Morgan fingerprint density at radius 2 is 2.17 bits per heavy atom. The summed E-state index contributed by atoms with van der Waals surface area (Å²) in [6, 6.07) is 0.420. The van der Waals surface area contributed by atoms with Crippen molar-refractivity contribution in [2.24, 2.45) is 5.73 Å². The lowest BCUT2D eigenvalue weighted by Gasteiger charge is -2.24. The summed E-state index contributed by atoms with van der Waals surface area (Å²) < 4.78 is 5.58. The molecule has 2 heterocycles. The highest BCUT2D eigenvalue weighted by Gasteiger charge is 2.30. The second kappa shape index (κ2) is 6.50. The molecule has 2 aliphatic rings. The molecule has 0 radical (unpaired) electrons. The van der Waals surface area contributed by atoms with E-state index in [1.54, 1.807) is 0 Å². The molecule has 2 fully saturated rings. The minimum absolute atomic E-state index is 0.0250. The average Bonchev–Trinajstić information content (AvgIpc) is 3.05. The van der Waals surface area contributed by atoms with Crippen molar-refractivity contribution in [2.45, 2.75) is 50.9 Å². The first-order valence-corrected chi connectivity index (χ1v) is 7.08. The highest BCUT2D eigenvalue weighted by Crippen LogP contribution is 2.19. The summed E-state index contributed by atoms with van der Waals surface area (Å²) in [4.78, 5) is 14.4. The topological polar surface area (TPSA) is 67.6 Å². The Balaban J connectivity index is 1.68. The molecular weight excluding hydrogens is 230 g/mol. The van der Waals surface area contributed by atoms with Crippen LogP contribution in [0, 0.1) is 0 Å². The molecule has 1 amide bonds. The minimum atomic E-state index is -0.288. The van der Waals surface area contributed by atoms with Crippen molar-refractivity contribution in [1.29, 1.82) is 0 Å². The highest BCUT2D eigenvalue weighted by molar-refractivity contribution is 5.81. The van der Waals surface area contributed by atoms with Crippen molar-refractivity contribution in [3.63, 3.8) is 0 Å². The first-order chi connectivity index (χ1) is 8.70. The van der Waals surface area contributed by atoms with E-state index in [9.17, 15) is 4.79 Å². The largest absolute Gasteiger partial charge is 0.364 e. The Morgan fingerprint density at radius 3 is 2.78 bits per heavy atom. The molecule has 2 rings (SSSR count). The molecule has 2 aliphatic heterocycles. The van der Waals surface area contributed by atoms with Gasteiger partial charge in [0.15, 0.2) is 0 Å². The molecule has 18 heavy (non-hydrogen) atoms. The number of nitrogens with two attached hydrogens (primary N) is 1. The van der Waals surface area contributed by atoms with Gasteiger partial charge in [0.2, 0.25) is 5.91 Å². The molecule has 2 saturated heterocycles. The van der Waals surface area contributed by atoms with Gasteiger partial charge in [-0.1, -0.05) is 0 Å². The van der Waals surface area contributed by atoms with Gasteiger partial charge in [-0.3, -0.25) is 9.69 Å². The van der Waals surface area contributed by atoms with E-state index in [1.165, 1.54) is 12.8 Å². The third-order valence-corrected chi connectivity index (χ3v) is 4.00. The fourth-order valence-corrected chi connectivity index (χ4v) is 2.75. The van der Waals surface area contributed by atoms with E-state index in [4.69, 9.17) is 10.5 Å². The zero-order chi connectivity index (χ0) is 13.0. The maximum Gasteiger partial charge on any atom is 0.249 e. The number of carbonyl (C=O) groups excluding carboxylic acids is 1. The zero-order valence-corrected chi connectivity index (χ0v) is 11.2. The summed E-state index contributed by atoms with van der Waals surface area (Å²) in [7, 11) is 0. The maximum absolute atomic E-state index is 11.9. The van der Waals surface area contributed by atoms with E-state index in [2.05, 4.69) is 17.1 Å². The monoisotopic (exact) mass is 255 g/mol. The quantitative estimate of drug-likeness (QED) is 0.731. The van der Waals surface area contributed by atoms with Gasteiger partial charge in [0.25, 0.3) is 0 Å². The molecule has 3 atom stereocenters. The van der Waals surface area contributed by atoms with E-state index in [1.807, 2.05) is 0 Å². The average molecular weight is 255 g/mol. The van der Waals surface area contributed by atoms with Gasteiger partial charge in [-0.2, -0.15) is 0 Å². The Morgan fingerprint density at radius 1 is 1.44 bits per heavy atom. The van der Waals surface area contributed by atoms with Crippen molar-refractivity contribution in [3.05, 3.63) is 0 Å². The Labute approximate surface area is 109 Å². The number of hydrogen-bond donors (Lipinski definition) is 2.